The van der Waals surface area contributed by atoms with E-state index in [1.165, 1.54) is 20.3 Å². The van der Waals surface area contributed by atoms with Gasteiger partial charge in [-0.2, -0.15) is 0 Å². The van der Waals surface area contributed by atoms with Crippen molar-refractivity contribution >= 4 is 17.3 Å². The zero-order valence-electron chi connectivity index (χ0n) is 10.5. The van der Waals surface area contributed by atoms with Crippen molar-refractivity contribution in [3.63, 3.8) is 0 Å². The van der Waals surface area contributed by atoms with Crippen molar-refractivity contribution in [1.82, 2.24) is 0 Å². The summed E-state index contributed by atoms with van der Waals surface area (Å²) < 4.78 is 24.3. The van der Waals surface area contributed by atoms with Crippen molar-refractivity contribution in [1.29, 1.82) is 0 Å². The third-order valence-electron chi connectivity index (χ3n) is 2.77. The molecule has 2 rings (SSSR count). The van der Waals surface area contributed by atoms with Gasteiger partial charge in [0.1, 0.15) is 22.3 Å². The molecule has 2 N–H and O–H groups in total. The number of ether oxygens (including phenoxy) is 2. The molecule has 0 atom stereocenters. The number of anilines is 1. The van der Waals surface area contributed by atoms with Crippen molar-refractivity contribution < 1.29 is 13.9 Å². The molecule has 0 saturated carbocycles. The molecule has 2 aromatic rings. The molecule has 0 fully saturated rings. The highest BCUT2D eigenvalue weighted by molar-refractivity contribution is 6.34. The summed E-state index contributed by atoms with van der Waals surface area (Å²) in [5, 5.41) is 0.304. The van der Waals surface area contributed by atoms with Gasteiger partial charge in [-0.1, -0.05) is 11.6 Å². The van der Waals surface area contributed by atoms with Crippen LogP contribution in [-0.4, -0.2) is 14.2 Å². The number of nitrogens with two attached hydrogens (primary N) is 1. The lowest BCUT2D eigenvalue weighted by molar-refractivity contribution is 0.395. The molecule has 0 aliphatic carbocycles. The molecular formula is C14H13ClFNO2. The lowest BCUT2D eigenvalue weighted by atomic mass is 10.0. The third-order valence-corrected chi connectivity index (χ3v) is 3.13. The zero-order valence-corrected chi connectivity index (χ0v) is 11.3. The first-order valence-electron chi connectivity index (χ1n) is 5.54. The van der Waals surface area contributed by atoms with Gasteiger partial charge in [0.05, 0.1) is 14.2 Å². The number of halogens is 2. The summed E-state index contributed by atoms with van der Waals surface area (Å²) in [6.07, 6.45) is 0. The Bertz CT molecular complexity index is 617. The highest BCUT2D eigenvalue weighted by Gasteiger charge is 2.17. The van der Waals surface area contributed by atoms with Crippen LogP contribution in [0.15, 0.2) is 30.3 Å². The predicted octanol–water partition coefficient (Wildman–Crippen LogP) is 3.75. The van der Waals surface area contributed by atoms with Crippen LogP contribution in [0, 0.1) is 5.82 Å². The Balaban J connectivity index is 2.65. The first-order valence-corrected chi connectivity index (χ1v) is 5.92. The fraction of sp³-hybridized carbons (Fsp3) is 0.143. The van der Waals surface area contributed by atoms with E-state index < -0.39 is 5.82 Å². The Kier molecular flexibility index (Phi) is 3.81. The highest BCUT2D eigenvalue weighted by Crippen LogP contribution is 2.42. The SMILES string of the molecule is COc1ccc(-c2ccc(N)cc2F)c(OC)c1Cl. The number of benzene rings is 2. The molecular weight excluding hydrogens is 269 g/mol. The van der Waals surface area contributed by atoms with Crippen molar-refractivity contribution in [2.24, 2.45) is 0 Å². The van der Waals surface area contributed by atoms with E-state index in [4.69, 9.17) is 26.8 Å². The number of rotatable bonds is 3. The average Bonchev–Trinajstić information content (AvgIpc) is 2.38. The summed E-state index contributed by atoms with van der Waals surface area (Å²) in [7, 11) is 2.98. The van der Waals surface area contributed by atoms with Crippen LogP contribution in [0.4, 0.5) is 10.1 Å². The fourth-order valence-electron chi connectivity index (χ4n) is 1.86. The molecule has 2 aromatic carbocycles. The van der Waals surface area contributed by atoms with Crippen LogP contribution in [0.2, 0.25) is 5.02 Å². The summed E-state index contributed by atoms with van der Waals surface area (Å²) in [6.45, 7) is 0. The number of hydrogen-bond acceptors (Lipinski definition) is 3. The fourth-order valence-corrected chi connectivity index (χ4v) is 2.18. The van der Waals surface area contributed by atoms with Gasteiger partial charge in [0.15, 0.2) is 0 Å². The quantitative estimate of drug-likeness (QED) is 0.872. The van der Waals surface area contributed by atoms with E-state index in [1.54, 1.807) is 24.3 Å². The predicted molar refractivity (Wildman–Crippen MR) is 74.4 cm³/mol. The topological polar surface area (TPSA) is 44.5 Å². The molecule has 3 nitrogen and oxygen atoms in total. The average molecular weight is 282 g/mol. The number of hydrogen-bond donors (Lipinski definition) is 1. The summed E-state index contributed by atoms with van der Waals surface area (Å²) in [4.78, 5) is 0. The van der Waals surface area contributed by atoms with Crippen LogP contribution >= 0.6 is 11.6 Å². The standard InChI is InChI=1S/C14H13ClFNO2/c1-18-12-6-5-10(14(19-2)13(12)15)9-4-3-8(17)7-11(9)16/h3-7H,17H2,1-2H3. The van der Waals surface area contributed by atoms with Gasteiger partial charge in [0.25, 0.3) is 0 Å². The second-order valence-corrected chi connectivity index (χ2v) is 4.28. The molecule has 100 valence electrons. The summed E-state index contributed by atoms with van der Waals surface area (Å²) in [5.41, 5.74) is 6.81. The molecule has 0 aliphatic rings. The second kappa shape index (κ2) is 5.36. The molecule has 0 spiro atoms. The molecule has 0 aliphatic heterocycles. The van der Waals surface area contributed by atoms with Crippen LogP contribution < -0.4 is 15.2 Å². The van der Waals surface area contributed by atoms with E-state index in [-0.39, 0.29) is 0 Å². The lowest BCUT2D eigenvalue weighted by Gasteiger charge is -2.14. The first kappa shape index (κ1) is 13.5. The van der Waals surface area contributed by atoms with E-state index in [0.29, 0.717) is 33.3 Å². The van der Waals surface area contributed by atoms with Gasteiger partial charge in [-0.3, -0.25) is 0 Å². The van der Waals surface area contributed by atoms with Crippen LogP contribution in [0.5, 0.6) is 11.5 Å². The van der Waals surface area contributed by atoms with Gasteiger partial charge in [-0.25, -0.2) is 4.39 Å². The van der Waals surface area contributed by atoms with Crippen molar-refractivity contribution in [2.45, 2.75) is 0 Å². The number of nitrogen functional groups attached to an aromatic ring is 1. The molecule has 0 saturated heterocycles. The lowest BCUT2D eigenvalue weighted by Crippen LogP contribution is -1.95. The van der Waals surface area contributed by atoms with Crippen molar-refractivity contribution in [2.75, 3.05) is 20.0 Å². The molecule has 0 radical (unpaired) electrons. The molecule has 5 heteroatoms. The Labute approximate surface area is 115 Å². The van der Waals surface area contributed by atoms with E-state index in [1.807, 2.05) is 0 Å². The third kappa shape index (κ3) is 2.44. The van der Waals surface area contributed by atoms with Gasteiger partial charge >= 0.3 is 0 Å². The summed E-state index contributed by atoms with van der Waals surface area (Å²) in [6, 6.07) is 7.82. The Morgan fingerprint density at radius 1 is 1.05 bits per heavy atom. The summed E-state index contributed by atoms with van der Waals surface area (Å²) in [5.74, 6) is 0.405. The maximum absolute atomic E-state index is 14.0. The van der Waals surface area contributed by atoms with E-state index in [9.17, 15) is 4.39 Å². The van der Waals surface area contributed by atoms with Crippen molar-refractivity contribution in [3.05, 3.63) is 41.2 Å². The summed E-state index contributed by atoms with van der Waals surface area (Å²) >= 11 is 6.15. The maximum Gasteiger partial charge on any atom is 0.149 e. The van der Waals surface area contributed by atoms with Crippen LogP contribution in [0.1, 0.15) is 0 Å². The molecule has 0 bridgehead atoms. The van der Waals surface area contributed by atoms with Crippen LogP contribution in [0.25, 0.3) is 11.1 Å². The molecule has 0 unspecified atom stereocenters. The zero-order chi connectivity index (χ0) is 14.0. The van der Waals surface area contributed by atoms with Gasteiger partial charge in [0.2, 0.25) is 0 Å². The van der Waals surface area contributed by atoms with Gasteiger partial charge in [0, 0.05) is 16.8 Å². The second-order valence-electron chi connectivity index (χ2n) is 3.90. The Morgan fingerprint density at radius 3 is 2.32 bits per heavy atom. The van der Waals surface area contributed by atoms with E-state index in [2.05, 4.69) is 0 Å². The van der Waals surface area contributed by atoms with Gasteiger partial charge in [-0.15, -0.1) is 0 Å². The smallest absolute Gasteiger partial charge is 0.149 e. The van der Waals surface area contributed by atoms with E-state index in [0.717, 1.165) is 0 Å². The minimum absolute atomic E-state index is 0.304. The minimum atomic E-state index is -0.431. The van der Waals surface area contributed by atoms with Crippen LogP contribution in [-0.2, 0) is 0 Å². The Hall–Kier alpha value is -1.94. The maximum atomic E-state index is 14.0. The normalized spacial score (nSPS) is 10.3. The van der Waals surface area contributed by atoms with Crippen LogP contribution in [0.3, 0.4) is 0 Å². The molecule has 19 heavy (non-hydrogen) atoms. The monoisotopic (exact) mass is 281 g/mol. The Morgan fingerprint density at radius 2 is 1.74 bits per heavy atom. The van der Waals surface area contributed by atoms with Gasteiger partial charge < -0.3 is 15.2 Å². The van der Waals surface area contributed by atoms with Crippen molar-refractivity contribution in [3.8, 4) is 22.6 Å². The highest BCUT2D eigenvalue weighted by atomic mass is 35.5. The largest absolute Gasteiger partial charge is 0.495 e. The molecule has 0 aromatic heterocycles. The first-order chi connectivity index (χ1) is 9.08. The molecule has 0 amide bonds. The van der Waals surface area contributed by atoms with Gasteiger partial charge in [-0.05, 0) is 30.3 Å². The molecule has 0 heterocycles. The minimum Gasteiger partial charge on any atom is -0.495 e. The number of methoxy groups -OCH3 is 2. The van der Waals surface area contributed by atoms with E-state index >= 15 is 0 Å².